The molecule has 2 N–H and O–H groups in total. The number of nitrogens with two attached hydrogens (primary N) is 1. The largest absolute Gasteiger partial charge is 0.326 e. The number of hydrogen-bond donors (Lipinski definition) is 1. The highest BCUT2D eigenvalue weighted by Crippen LogP contribution is 2.30. The van der Waals surface area contributed by atoms with E-state index in [1.54, 1.807) is 6.92 Å². The van der Waals surface area contributed by atoms with E-state index in [9.17, 15) is 12.8 Å². The van der Waals surface area contributed by atoms with Gasteiger partial charge in [0, 0.05) is 18.6 Å². The van der Waals surface area contributed by atoms with Gasteiger partial charge in [-0.25, -0.2) is 12.8 Å². The van der Waals surface area contributed by atoms with Crippen LogP contribution in [-0.4, -0.2) is 31.4 Å². The second-order valence-electron chi connectivity index (χ2n) is 5.11. The molecular weight excluding hydrogens is 303 g/mol. The summed E-state index contributed by atoms with van der Waals surface area (Å²) < 4.78 is 40.1. The van der Waals surface area contributed by atoms with E-state index in [0.717, 1.165) is 25.0 Å². The van der Waals surface area contributed by atoms with Gasteiger partial charge in [0.15, 0.2) is 0 Å². The third-order valence-corrected chi connectivity index (χ3v) is 5.99. The van der Waals surface area contributed by atoms with Gasteiger partial charge in [-0.05, 0) is 38.0 Å². The van der Waals surface area contributed by atoms with Crippen molar-refractivity contribution in [2.75, 3.05) is 6.54 Å². The van der Waals surface area contributed by atoms with Crippen LogP contribution < -0.4 is 5.73 Å². The van der Waals surface area contributed by atoms with Crippen LogP contribution in [-0.2, 0) is 10.0 Å². The monoisotopic (exact) mass is 320 g/mol. The van der Waals surface area contributed by atoms with Gasteiger partial charge in [0.1, 0.15) is 10.7 Å². The zero-order valence-corrected chi connectivity index (χ0v) is 12.8. The molecule has 2 rings (SSSR count). The Morgan fingerprint density at radius 3 is 2.80 bits per heavy atom. The molecule has 2 atom stereocenters. The van der Waals surface area contributed by atoms with E-state index in [2.05, 4.69) is 0 Å². The maximum Gasteiger partial charge on any atom is 0.244 e. The summed E-state index contributed by atoms with van der Waals surface area (Å²) in [7, 11) is -3.83. The number of benzene rings is 1. The Morgan fingerprint density at radius 2 is 2.15 bits per heavy atom. The van der Waals surface area contributed by atoms with E-state index in [-0.39, 0.29) is 22.0 Å². The number of hydrogen-bond acceptors (Lipinski definition) is 3. The van der Waals surface area contributed by atoms with Crippen LogP contribution in [0.5, 0.6) is 0 Å². The van der Waals surface area contributed by atoms with Gasteiger partial charge < -0.3 is 5.73 Å². The Balaban J connectivity index is 2.45. The molecule has 0 aromatic heterocycles. The maximum atomic E-state index is 13.3. The standard InChI is InChI=1S/C13H18ClFN2O2S/c1-9(16)12-4-2-3-7-17(12)20(18,19)13-8-10(15)5-6-11(13)14/h5-6,8-9,12H,2-4,7,16H2,1H3. The third kappa shape index (κ3) is 2.98. The Kier molecular flexibility index (Phi) is 4.69. The van der Waals surface area contributed by atoms with Gasteiger partial charge in [0.2, 0.25) is 10.0 Å². The molecule has 20 heavy (non-hydrogen) atoms. The molecule has 1 aliphatic rings. The van der Waals surface area contributed by atoms with E-state index < -0.39 is 15.8 Å². The van der Waals surface area contributed by atoms with Crippen molar-refractivity contribution in [1.29, 1.82) is 0 Å². The van der Waals surface area contributed by atoms with Gasteiger partial charge in [-0.2, -0.15) is 4.31 Å². The van der Waals surface area contributed by atoms with Crippen molar-refractivity contribution in [2.24, 2.45) is 5.73 Å². The van der Waals surface area contributed by atoms with Crippen molar-refractivity contribution < 1.29 is 12.8 Å². The summed E-state index contributed by atoms with van der Waals surface area (Å²) >= 11 is 5.92. The molecule has 1 aromatic carbocycles. The number of piperidine rings is 1. The molecule has 1 aromatic rings. The predicted molar refractivity (Wildman–Crippen MR) is 76.6 cm³/mol. The summed E-state index contributed by atoms with van der Waals surface area (Å²) in [6.45, 7) is 2.17. The Hall–Kier alpha value is -0.690. The van der Waals surface area contributed by atoms with Crippen LogP contribution in [0.15, 0.2) is 23.1 Å². The van der Waals surface area contributed by atoms with Crippen LogP contribution in [0.25, 0.3) is 0 Å². The lowest BCUT2D eigenvalue weighted by atomic mass is 10.00. The van der Waals surface area contributed by atoms with Gasteiger partial charge >= 0.3 is 0 Å². The lowest BCUT2D eigenvalue weighted by Crippen LogP contribution is -2.51. The lowest BCUT2D eigenvalue weighted by molar-refractivity contribution is 0.227. The number of halogens is 2. The lowest BCUT2D eigenvalue weighted by Gasteiger charge is -2.37. The maximum absolute atomic E-state index is 13.3. The zero-order valence-electron chi connectivity index (χ0n) is 11.2. The van der Waals surface area contributed by atoms with Gasteiger partial charge in [-0.1, -0.05) is 18.0 Å². The van der Waals surface area contributed by atoms with Crippen molar-refractivity contribution in [1.82, 2.24) is 4.31 Å². The zero-order chi connectivity index (χ0) is 14.9. The molecule has 4 nitrogen and oxygen atoms in total. The van der Waals surface area contributed by atoms with Gasteiger partial charge in [-0.15, -0.1) is 0 Å². The summed E-state index contributed by atoms with van der Waals surface area (Å²) in [5.41, 5.74) is 5.89. The fourth-order valence-corrected chi connectivity index (χ4v) is 4.82. The smallest absolute Gasteiger partial charge is 0.244 e. The van der Waals surface area contributed by atoms with Crippen molar-refractivity contribution in [3.8, 4) is 0 Å². The first-order chi connectivity index (χ1) is 9.34. The van der Waals surface area contributed by atoms with Crippen LogP contribution in [0.4, 0.5) is 4.39 Å². The van der Waals surface area contributed by atoms with Crippen molar-refractivity contribution in [3.05, 3.63) is 29.0 Å². The van der Waals surface area contributed by atoms with E-state index >= 15 is 0 Å². The summed E-state index contributed by atoms with van der Waals surface area (Å²) in [4.78, 5) is -0.188. The highest BCUT2D eigenvalue weighted by molar-refractivity contribution is 7.89. The van der Waals surface area contributed by atoms with E-state index in [0.29, 0.717) is 13.0 Å². The third-order valence-electron chi connectivity index (χ3n) is 3.59. The molecule has 2 unspecified atom stereocenters. The Morgan fingerprint density at radius 1 is 1.45 bits per heavy atom. The van der Waals surface area contributed by atoms with E-state index in [1.165, 1.54) is 10.4 Å². The van der Waals surface area contributed by atoms with Crippen LogP contribution in [0.3, 0.4) is 0 Å². The topological polar surface area (TPSA) is 63.4 Å². The summed E-state index contributed by atoms with van der Waals surface area (Å²) in [5, 5.41) is 0.0281. The first-order valence-corrected chi connectivity index (χ1v) is 8.38. The predicted octanol–water partition coefficient (Wildman–Crippen LogP) is 2.37. The second-order valence-corrected chi connectivity index (χ2v) is 7.38. The summed E-state index contributed by atoms with van der Waals surface area (Å²) in [5.74, 6) is -0.623. The number of nitrogens with zero attached hydrogens (tertiary/aromatic N) is 1. The minimum absolute atomic E-state index is 0.0281. The minimum atomic E-state index is -3.83. The van der Waals surface area contributed by atoms with Crippen LogP contribution >= 0.6 is 11.6 Å². The average molecular weight is 321 g/mol. The SMILES string of the molecule is CC(N)C1CCCCN1S(=O)(=O)c1cc(F)ccc1Cl. The average Bonchev–Trinajstić information content (AvgIpc) is 2.41. The van der Waals surface area contributed by atoms with E-state index in [4.69, 9.17) is 17.3 Å². The molecule has 0 saturated carbocycles. The normalized spacial score (nSPS) is 22.7. The molecule has 7 heteroatoms. The molecule has 1 heterocycles. The Labute approximate surface area is 123 Å². The quantitative estimate of drug-likeness (QED) is 0.930. The van der Waals surface area contributed by atoms with Gasteiger partial charge in [0.25, 0.3) is 0 Å². The first kappa shape index (κ1) is 15.7. The van der Waals surface area contributed by atoms with Crippen LogP contribution in [0, 0.1) is 5.82 Å². The highest BCUT2D eigenvalue weighted by Gasteiger charge is 2.36. The van der Waals surface area contributed by atoms with Crippen LogP contribution in [0.1, 0.15) is 26.2 Å². The Bertz CT molecular complexity index is 592. The fraction of sp³-hybridized carbons (Fsp3) is 0.538. The highest BCUT2D eigenvalue weighted by atomic mass is 35.5. The molecule has 1 fully saturated rings. The molecule has 0 amide bonds. The molecule has 0 spiro atoms. The molecule has 0 bridgehead atoms. The summed E-state index contributed by atoms with van der Waals surface area (Å²) in [6.07, 6.45) is 2.42. The van der Waals surface area contributed by atoms with E-state index in [1.807, 2.05) is 0 Å². The van der Waals surface area contributed by atoms with Crippen molar-refractivity contribution >= 4 is 21.6 Å². The second kappa shape index (κ2) is 5.97. The molecule has 1 saturated heterocycles. The number of rotatable bonds is 3. The van der Waals surface area contributed by atoms with Gasteiger partial charge in [0.05, 0.1) is 5.02 Å². The number of sulfonamides is 1. The first-order valence-electron chi connectivity index (χ1n) is 6.56. The molecular formula is C13H18ClFN2O2S. The fourth-order valence-electron chi connectivity index (χ4n) is 2.56. The van der Waals surface area contributed by atoms with Gasteiger partial charge in [-0.3, -0.25) is 0 Å². The van der Waals surface area contributed by atoms with Crippen molar-refractivity contribution in [3.63, 3.8) is 0 Å². The molecule has 0 aliphatic carbocycles. The molecule has 112 valence electrons. The van der Waals surface area contributed by atoms with Crippen molar-refractivity contribution in [2.45, 2.75) is 43.2 Å². The van der Waals surface area contributed by atoms with Crippen LogP contribution in [0.2, 0.25) is 5.02 Å². The molecule has 1 aliphatic heterocycles. The molecule has 0 radical (unpaired) electrons. The minimum Gasteiger partial charge on any atom is -0.326 e. The summed E-state index contributed by atoms with van der Waals surface area (Å²) in [6, 6.07) is 2.81.